The molecule has 1 aromatic carbocycles. The van der Waals surface area contributed by atoms with Gasteiger partial charge >= 0.3 is 6.18 Å². The minimum absolute atomic E-state index is 0.191. The summed E-state index contributed by atoms with van der Waals surface area (Å²) in [7, 11) is 0. The third kappa shape index (κ3) is 3.48. The Morgan fingerprint density at radius 3 is 2.68 bits per heavy atom. The van der Waals surface area contributed by atoms with Crippen LogP contribution < -0.4 is 0 Å². The summed E-state index contributed by atoms with van der Waals surface area (Å²) < 4.78 is 45.2. The van der Waals surface area contributed by atoms with Crippen LogP contribution in [-0.2, 0) is 10.9 Å². The van der Waals surface area contributed by atoms with Crippen molar-refractivity contribution in [2.75, 3.05) is 13.2 Å². The highest BCUT2D eigenvalue weighted by Gasteiger charge is 2.47. The molecule has 148 valence electrons. The Morgan fingerprint density at radius 2 is 2.00 bits per heavy atom. The fourth-order valence-electron chi connectivity index (χ4n) is 4.16. The first-order valence-electron chi connectivity index (χ1n) is 9.26. The largest absolute Gasteiger partial charge is 0.416 e. The van der Waals surface area contributed by atoms with E-state index in [2.05, 4.69) is 9.97 Å². The van der Waals surface area contributed by atoms with E-state index >= 15 is 0 Å². The smallest absolute Gasteiger partial charge is 0.369 e. The van der Waals surface area contributed by atoms with Crippen molar-refractivity contribution in [3.8, 4) is 0 Å². The highest BCUT2D eigenvalue weighted by molar-refractivity contribution is 5.92. The average Bonchev–Trinajstić information content (AvgIpc) is 3.17. The number of aromatic nitrogens is 2. The Kier molecular flexibility index (Phi) is 4.82. The number of hydrogen-bond acceptors (Lipinski definition) is 4. The first kappa shape index (κ1) is 18.9. The van der Waals surface area contributed by atoms with E-state index in [9.17, 15) is 18.0 Å². The molecule has 1 spiro atoms. The summed E-state index contributed by atoms with van der Waals surface area (Å²) in [5.74, 6) is -0.254. The number of ether oxygens (including phenoxy) is 1. The first-order chi connectivity index (χ1) is 13.4. The van der Waals surface area contributed by atoms with Crippen molar-refractivity contribution < 1.29 is 22.7 Å². The van der Waals surface area contributed by atoms with E-state index in [0.717, 1.165) is 37.8 Å². The van der Waals surface area contributed by atoms with Gasteiger partial charge in [0.1, 0.15) is 11.8 Å². The Hall–Kier alpha value is -2.48. The molecule has 1 aromatic heterocycles. The van der Waals surface area contributed by atoms with Gasteiger partial charge in [0.2, 0.25) is 0 Å². The molecule has 1 saturated heterocycles. The van der Waals surface area contributed by atoms with E-state index < -0.39 is 23.4 Å². The van der Waals surface area contributed by atoms with Gasteiger partial charge in [0, 0.05) is 12.4 Å². The molecule has 2 heterocycles. The van der Waals surface area contributed by atoms with Gasteiger partial charge in [-0.2, -0.15) is 13.2 Å². The van der Waals surface area contributed by atoms with Crippen LogP contribution in [0.25, 0.3) is 0 Å². The lowest BCUT2D eigenvalue weighted by atomic mass is 9.91. The van der Waals surface area contributed by atoms with Crippen LogP contribution in [0.3, 0.4) is 0 Å². The Morgan fingerprint density at radius 1 is 1.21 bits per heavy atom. The maximum atomic E-state index is 13.2. The Balaban J connectivity index is 1.64. The van der Waals surface area contributed by atoms with Gasteiger partial charge in [-0.15, -0.1) is 0 Å². The summed E-state index contributed by atoms with van der Waals surface area (Å²) in [6.07, 6.45) is 2.93. The maximum Gasteiger partial charge on any atom is 0.416 e. The molecule has 2 fully saturated rings. The number of nitrogens with zero attached hydrogens (tertiary/aromatic N) is 3. The number of halogens is 3. The van der Waals surface area contributed by atoms with Gasteiger partial charge in [-0.25, -0.2) is 4.98 Å². The maximum absolute atomic E-state index is 13.2. The minimum atomic E-state index is -4.42. The molecule has 2 aromatic rings. The third-order valence-corrected chi connectivity index (χ3v) is 5.62. The first-order valence-corrected chi connectivity index (χ1v) is 9.26. The molecule has 2 aliphatic rings. The van der Waals surface area contributed by atoms with Crippen LogP contribution in [0.2, 0.25) is 0 Å². The molecule has 1 saturated carbocycles. The summed E-state index contributed by atoms with van der Waals surface area (Å²) in [6.45, 7) is 0.497. The Bertz CT molecular complexity index is 851. The van der Waals surface area contributed by atoms with E-state index in [1.165, 1.54) is 24.7 Å². The second kappa shape index (κ2) is 7.16. The van der Waals surface area contributed by atoms with Crippen molar-refractivity contribution in [3.05, 3.63) is 59.7 Å². The summed E-state index contributed by atoms with van der Waals surface area (Å²) >= 11 is 0. The van der Waals surface area contributed by atoms with Crippen molar-refractivity contribution >= 4 is 5.91 Å². The summed E-state index contributed by atoms with van der Waals surface area (Å²) in [6, 6.07) is 5.11. The van der Waals surface area contributed by atoms with Crippen LogP contribution in [0.1, 0.15) is 53.4 Å². The fourth-order valence-corrected chi connectivity index (χ4v) is 4.16. The number of rotatable bonds is 2. The van der Waals surface area contributed by atoms with Gasteiger partial charge in [-0.3, -0.25) is 9.78 Å². The number of hydrogen-bond donors (Lipinski definition) is 0. The van der Waals surface area contributed by atoms with E-state index in [0.29, 0.717) is 12.2 Å². The van der Waals surface area contributed by atoms with E-state index in [-0.39, 0.29) is 18.1 Å². The van der Waals surface area contributed by atoms with Crippen molar-refractivity contribution in [1.82, 2.24) is 14.9 Å². The monoisotopic (exact) mass is 391 g/mol. The fraction of sp³-hybridized carbons (Fsp3) is 0.450. The van der Waals surface area contributed by atoms with Gasteiger partial charge in [-0.1, -0.05) is 25.0 Å². The van der Waals surface area contributed by atoms with Gasteiger partial charge in [0.15, 0.2) is 0 Å². The van der Waals surface area contributed by atoms with E-state index in [4.69, 9.17) is 4.74 Å². The van der Waals surface area contributed by atoms with Crippen LogP contribution in [-0.4, -0.2) is 39.5 Å². The standard InChI is InChI=1S/C20H20F3N3O2/c21-20(22,23)15-5-3-4-14(10-15)17-12-26(18(27)16-11-24-8-9-25-16)19(13-28-17)6-1-2-7-19/h3-5,8-11,17H,1-2,6-7,12-13H2. The van der Waals surface area contributed by atoms with Crippen LogP contribution in [0, 0.1) is 0 Å². The molecule has 1 aliphatic carbocycles. The van der Waals surface area contributed by atoms with Crippen LogP contribution >= 0.6 is 0 Å². The van der Waals surface area contributed by atoms with E-state index in [1.54, 1.807) is 11.0 Å². The predicted octanol–water partition coefficient (Wildman–Crippen LogP) is 4.02. The number of benzene rings is 1. The quantitative estimate of drug-likeness (QED) is 0.776. The second-order valence-electron chi connectivity index (χ2n) is 7.36. The molecule has 5 nitrogen and oxygen atoms in total. The number of carbonyl (C=O) groups is 1. The predicted molar refractivity (Wildman–Crippen MR) is 94.4 cm³/mol. The summed E-state index contributed by atoms with van der Waals surface area (Å²) in [4.78, 5) is 23.0. The van der Waals surface area contributed by atoms with Crippen molar-refractivity contribution in [3.63, 3.8) is 0 Å². The molecular weight excluding hydrogens is 371 g/mol. The normalized spacial score (nSPS) is 21.8. The highest BCUT2D eigenvalue weighted by Crippen LogP contribution is 2.42. The lowest BCUT2D eigenvalue weighted by Crippen LogP contribution is -2.58. The molecule has 4 rings (SSSR count). The third-order valence-electron chi connectivity index (χ3n) is 5.62. The zero-order valence-corrected chi connectivity index (χ0v) is 15.2. The molecule has 1 aliphatic heterocycles. The zero-order chi connectivity index (χ0) is 19.8. The molecule has 1 atom stereocenters. The van der Waals surface area contributed by atoms with Crippen LogP contribution in [0.15, 0.2) is 42.9 Å². The van der Waals surface area contributed by atoms with Crippen LogP contribution in [0.5, 0.6) is 0 Å². The van der Waals surface area contributed by atoms with Gasteiger partial charge in [0.05, 0.1) is 30.5 Å². The van der Waals surface area contributed by atoms with E-state index in [1.807, 2.05) is 0 Å². The molecule has 0 bridgehead atoms. The molecular formula is C20H20F3N3O2. The molecule has 1 amide bonds. The molecule has 0 N–H and O–H groups in total. The number of morpholine rings is 1. The highest BCUT2D eigenvalue weighted by atomic mass is 19.4. The molecule has 1 unspecified atom stereocenters. The number of alkyl halides is 3. The number of amides is 1. The van der Waals surface area contributed by atoms with Gasteiger partial charge in [-0.05, 0) is 30.5 Å². The van der Waals surface area contributed by atoms with Crippen molar-refractivity contribution in [2.24, 2.45) is 0 Å². The minimum Gasteiger partial charge on any atom is -0.369 e. The zero-order valence-electron chi connectivity index (χ0n) is 15.2. The summed E-state index contributed by atoms with van der Waals surface area (Å²) in [5.41, 5.74) is -0.494. The van der Waals surface area contributed by atoms with Gasteiger partial charge in [0.25, 0.3) is 5.91 Å². The lowest BCUT2D eigenvalue weighted by Gasteiger charge is -2.47. The topological polar surface area (TPSA) is 55.3 Å². The number of carbonyl (C=O) groups excluding carboxylic acids is 1. The molecule has 0 radical (unpaired) electrons. The second-order valence-corrected chi connectivity index (χ2v) is 7.36. The SMILES string of the molecule is O=C(c1cnccn1)N1CC(c2cccc(C(F)(F)F)c2)OCC12CCCC2. The Labute approximate surface area is 160 Å². The van der Waals surface area contributed by atoms with Gasteiger partial charge < -0.3 is 9.64 Å². The molecule has 8 heteroatoms. The molecule has 28 heavy (non-hydrogen) atoms. The summed E-state index contributed by atoms with van der Waals surface area (Å²) in [5, 5.41) is 0. The average molecular weight is 391 g/mol. The van der Waals surface area contributed by atoms with Crippen molar-refractivity contribution in [1.29, 1.82) is 0 Å². The van der Waals surface area contributed by atoms with Crippen molar-refractivity contribution in [2.45, 2.75) is 43.5 Å². The van der Waals surface area contributed by atoms with Crippen LogP contribution in [0.4, 0.5) is 13.2 Å². The lowest BCUT2D eigenvalue weighted by molar-refractivity contribution is -0.138.